The maximum atomic E-state index is 4.17. The van der Waals surface area contributed by atoms with Crippen LogP contribution in [0.4, 0.5) is 0 Å². The van der Waals surface area contributed by atoms with E-state index < -0.39 is 0 Å². The minimum absolute atomic E-state index is 0.429. The van der Waals surface area contributed by atoms with Crippen LogP contribution in [0.1, 0.15) is 27.2 Å². The molecule has 2 nitrogen and oxygen atoms in total. The number of nitrogens with zero attached hydrogens (tertiary/aromatic N) is 2. The van der Waals surface area contributed by atoms with E-state index in [0.29, 0.717) is 4.83 Å². The van der Waals surface area contributed by atoms with E-state index in [-0.39, 0.29) is 0 Å². The molecular formula is C8H17AsN2. The summed E-state index contributed by atoms with van der Waals surface area (Å²) in [6.45, 7) is 7.18. The molecular weight excluding hydrogens is 199 g/mol. The third-order valence-electron chi connectivity index (χ3n) is 1.17. The van der Waals surface area contributed by atoms with Crippen LogP contribution in [0.25, 0.3) is 0 Å². The number of hydrogen-bond acceptors (Lipinski definition) is 2. The Labute approximate surface area is 77.7 Å². The molecule has 0 N–H and O–H groups in total. The fourth-order valence-corrected chi connectivity index (χ4v) is 2.00. The molecule has 3 heteroatoms. The third-order valence-corrected chi connectivity index (χ3v) is 2.05. The van der Waals surface area contributed by atoms with E-state index in [1.54, 1.807) is 16.9 Å². The average molecular weight is 216 g/mol. The second-order valence-corrected chi connectivity index (χ2v) is 4.51. The van der Waals surface area contributed by atoms with Gasteiger partial charge in [0, 0.05) is 0 Å². The zero-order chi connectivity index (χ0) is 8.69. The first kappa shape index (κ1) is 10.9. The van der Waals surface area contributed by atoms with E-state index >= 15 is 0 Å². The van der Waals surface area contributed by atoms with Crippen LogP contribution in [0, 0.1) is 5.92 Å². The SMILES string of the molecule is CCN=C=NC([AsH2])CC(C)C. The van der Waals surface area contributed by atoms with Gasteiger partial charge in [0.15, 0.2) is 0 Å². The second-order valence-electron chi connectivity index (χ2n) is 2.90. The first-order valence-corrected chi connectivity index (χ1v) is 5.43. The van der Waals surface area contributed by atoms with Crippen molar-refractivity contribution in [2.24, 2.45) is 15.9 Å². The molecule has 2 atom stereocenters. The van der Waals surface area contributed by atoms with Gasteiger partial charge in [-0.05, 0) is 0 Å². The summed E-state index contributed by atoms with van der Waals surface area (Å²) in [6.07, 6.45) is 1.15. The standard InChI is InChI=1S/C8H17AsN2/c1-4-10-6-11-8(9)5-7(2)3/h7-8H,4-5,9H2,1-3H3. The average Bonchev–Trinajstić information content (AvgIpc) is 1.86. The Balaban J connectivity index is 3.67. The summed E-state index contributed by atoms with van der Waals surface area (Å²) in [5.41, 5.74) is 0. The zero-order valence-corrected chi connectivity index (χ0v) is 9.96. The Hall–Kier alpha value is -0.0616. The van der Waals surface area contributed by atoms with E-state index in [4.69, 9.17) is 0 Å². The minimum atomic E-state index is 0.429. The fourth-order valence-electron chi connectivity index (χ4n) is 0.721. The van der Waals surface area contributed by atoms with Gasteiger partial charge in [-0.25, -0.2) is 0 Å². The molecule has 0 aliphatic heterocycles. The van der Waals surface area contributed by atoms with Crippen LogP contribution in [0.5, 0.6) is 0 Å². The molecule has 0 aromatic carbocycles. The fraction of sp³-hybridized carbons (Fsp3) is 0.875. The molecule has 0 fully saturated rings. The summed E-state index contributed by atoms with van der Waals surface area (Å²) in [5, 5.41) is 0. The van der Waals surface area contributed by atoms with Gasteiger partial charge < -0.3 is 0 Å². The number of aliphatic imine (C=N–C) groups is 2. The van der Waals surface area contributed by atoms with E-state index in [9.17, 15) is 0 Å². The Kier molecular flexibility index (Phi) is 6.60. The molecule has 64 valence electrons. The summed E-state index contributed by atoms with van der Waals surface area (Å²) >= 11 is 1.65. The topological polar surface area (TPSA) is 24.7 Å². The van der Waals surface area contributed by atoms with Crippen LogP contribution in [0.2, 0.25) is 0 Å². The molecule has 0 amide bonds. The van der Waals surface area contributed by atoms with E-state index in [0.717, 1.165) is 18.9 Å². The van der Waals surface area contributed by atoms with Crippen molar-refractivity contribution in [3.8, 4) is 0 Å². The summed E-state index contributed by atoms with van der Waals surface area (Å²) in [5.74, 6) is 0.721. The molecule has 0 saturated carbocycles. The van der Waals surface area contributed by atoms with Gasteiger partial charge in [-0.1, -0.05) is 0 Å². The molecule has 0 saturated heterocycles. The molecule has 0 radical (unpaired) electrons. The van der Waals surface area contributed by atoms with E-state index in [1.165, 1.54) is 0 Å². The Morgan fingerprint density at radius 2 is 2.09 bits per heavy atom. The molecule has 0 aliphatic rings. The number of rotatable bonds is 4. The van der Waals surface area contributed by atoms with Gasteiger partial charge >= 0.3 is 77.3 Å². The van der Waals surface area contributed by atoms with Crippen molar-refractivity contribution in [1.82, 2.24) is 0 Å². The van der Waals surface area contributed by atoms with Gasteiger partial charge in [0.05, 0.1) is 0 Å². The van der Waals surface area contributed by atoms with Gasteiger partial charge in [0.1, 0.15) is 0 Å². The van der Waals surface area contributed by atoms with E-state index in [2.05, 4.69) is 29.8 Å². The van der Waals surface area contributed by atoms with Gasteiger partial charge in [-0.15, -0.1) is 0 Å². The van der Waals surface area contributed by atoms with Gasteiger partial charge in [-0.2, -0.15) is 0 Å². The summed E-state index contributed by atoms with van der Waals surface area (Å²) in [7, 11) is 0. The van der Waals surface area contributed by atoms with Crippen LogP contribution < -0.4 is 0 Å². The maximum absolute atomic E-state index is 4.17. The van der Waals surface area contributed by atoms with Gasteiger partial charge in [0.2, 0.25) is 0 Å². The molecule has 0 bridgehead atoms. The van der Waals surface area contributed by atoms with Crippen molar-refractivity contribution >= 4 is 22.9 Å². The normalized spacial score (nSPS) is 12.5. The molecule has 11 heavy (non-hydrogen) atoms. The van der Waals surface area contributed by atoms with Gasteiger partial charge in [-0.3, -0.25) is 0 Å². The molecule has 0 aromatic rings. The molecule has 2 unspecified atom stereocenters. The summed E-state index contributed by atoms with van der Waals surface area (Å²) in [4.78, 5) is 8.51. The molecule has 0 aromatic heterocycles. The van der Waals surface area contributed by atoms with Crippen LogP contribution in [0.15, 0.2) is 9.98 Å². The van der Waals surface area contributed by atoms with Crippen molar-refractivity contribution in [2.75, 3.05) is 6.54 Å². The first-order valence-electron chi connectivity index (χ1n) is 4.03. The van der Waals surface area contributed by atoms with Gasteiger partial charge in [0.25, 0.3) is 0 Å². The van der Waals surface area contributed by atoms with Crippen LogP contribution >= 0.6 is 0 Å². The van der Waals surface area contributed by atoms with Crippen molar-refractivity contribution in [3.63, 3.8) is 0 Å². The van der Waals surface area contributed by atoms with E-state index in [1.807, 2.05) is 6.92 Å². The summed E-state index contributed by atoms with van der Waals surface area (Å²) in [6, 6.07) is 2.71. The quantitative estimate of drug-likeness (QED) is 0.498. The Morgan fingerprint density at radius 3 is 2.55 bits per heavy atom. The number of hydrogen-bond donors (Lipinski definition) is 0. The predicted molar refractivity (Wildman–Crippen MR) is 52.2 cm³/mol. The van der Waals surface area contributed by atoms with Crippen molar-refractivity contribution in [1.29, 1.82) is 0 Å². The van der Waals surface area contributed by atoms with Crippen LogP contribution in [-0.2, 0) is 0 Å². The van der Waals surface area contributed by atoms with Crippen LogP contribution in [-0.4, -0.2) is 34.2 Å². The monoisotopic (exact) mass is 216 g/mol. The molecule has 0 spiro atoms. The predicted octanol–water partition coefficient (Wildman–Crippen LogP) is 1.19. The van der Waals surface area contributed by atoms with Crippen molar-refractivity contribution in [3.05, 3.63) is 0 Å². The van der Waals surface area contributed by atoms with Crippen molar-refractivity contribution in [2.45, 2.75) is 32.0 Å². The molecule has 0 heterocycles. The second kappa shape index (κ2) is 6.64. The first-order chi connectivity index (χ1) is 5.16. The Bertz CT molecular complexity index is 148. The van der Waals surface area contributed by atoms with Crippen LogP contribution in [0.3, 0.4) is 0 Å². The molecule has 0 aliphatic carbocycles. The zero-order valence-electron chi connectivity index (χ0n) is 7.54. The summed E-state index contributed by atoms with van der Waals surface area (Å²) < 4.78 is 0. The Morgan fingerprint density at radius 1 is 1.45 bits per heavy atom. The van der Waals surface area contributed by atoms with Crippen molar-refractivity contribution < 1.29 is 0 Å². The third kappa shape index (κ3) is 7.84. The molecule has 0 rings (SSSR count).